The molecular formula is C12H15Br2N3O3. The maximum absolute atomic E-state index is 10.7. The van der Waals surface area contributed by atoms with Crippen molar-refractivity contribution in [2.75, 3.05) is 39.3 Å². The van der Waals surface area contributed by atoms with Gasteiger partial charge in [0.2, 0.25) is 0 Å². The summed E-state index contributed by atoms with van der Waals surface area (Å²) in [5.74, 6) is 0.603. The smallest absolute Gasteiger partial charge is 0.271 e. The predicted octanol–water partition coefficient (Wildman–Crippen LogP) is 2.40. The number of benzene rings is 1. The lowest BCUT2D eigenvalue weighted by Gasteiger charge is -2.27. The summed E-state index contributed by atoms with van der Waals surface area (Å²) in [5, 5.41) is 14.0. The van der Waals surface area contributed by atoms with Gasteiger partial charge >= 0.3 is 0 Å². The van der Waals surface area contributed by atoms with E-state index < -0.39 is 4.92 Å². The Kier molecular flexibility index (Phi) is 5.76. The molecule has 0 atom stereocenters. The lowest BCUT2D eigenvalue weighted by molar-refractivity contribution is -0.385. The molecule has 1 N–H and O–H groups in total. The first kappa shape index (κ1) is 15.7. The normalized spacial score (nSPS) is 16.1. The van der Waals surface area contributed by atoms with E-state index in [0.717, 1.165) is 32.7 Å². The molecule has 0 aliphatic carbocycles. The average Bonchev–Trinajstić information content (AvgIpc) is 2.42. The number of piperazine rings is 1. The van der Waals surface area contributed by atoms with E-state index in [1.165, 1.54) is 12.1 Å². The van der Waals surface area contributed by atoms with Gasteiger partial charge in [0.05, 0.1) is 13.9 Å². The van der Waals surface area contributed by atoms with Crippen LogP contribution in [0.3, 0.4) is 0 Å². The first-order chi connectivity index (χ1) is 9.58. The Morgan fingerprint density at radius 3 is 2.45 bits per heavy atom. The van der Waals surface area contributed by atoms with E-state index in [-0.39, 0.29) is 5.69 Å². The zero-order valence-electron chi connectivity index (χ0n) is 10.8. The van der Waals surface area contributed by atoms with Gasteiger partial charge in [-0.05, 0) is 31.9 Å². The number of hydrogen-bond donors (Lipinski definition) is 1. The molecule has 1 aromatic rings. The molecule has 0 aromatic heterocycles. The van der Waals surface area contributed by atoms with Crippen molar-refractivity contribution in [3.63, 3.8) is 0 Å². The Bertz CT molecular complexity index is 470. The lowest BCUT2D eigenvalue weighted by atomic mass is 10.3. The summed E-state index contributed by atoms with van der Waals surface area (Å²) in [4.78, 5) is 12.6. The number of nitrogens with zero attached hydrogens (tertiary/aromatic N) is 2. The summed E-state index contributed by atoms with van der Waals surface area (Å²) in [6, 6.07) is 2.90. The number of hydrogen-bond acceptors (Lipinski definition) is 5. The van der Waals surface area contributed by atoms with E-state index in [9.17, 15) is 10.1 Å². The summed E-state index contributed by atoms with van der Waals surface area (Å²) < 4.78 is 6.89. The molecule has 1 aliphatic heterocycles. The number of halogens is 2. The number of rotatable bonds is 5. The van der Waals surface area contributed by atoms with Gasteiger partial charge in [0, 0.05) is 44.9 Å². The molecule has 1 saturated heterocycles. The fourth-order valence-corrected chi connectivity index (χ4v) is 3.39. The van der Waals surface area contributed by atoms with Crippen LogP contribution in [0.15, 0.2) is 21.1 Å². The van der Waals surface area contributed by atoms with Gasteiger partial charge in [-0.1, -0.05) is 0 Å². The Morgan fingerprint density at radius 1 is 1.30 bits per heavy atom. The quantitative estimate of drug-likeness (QED) is 0.598. The first-order valence-corrected chi connectivity index (χ1v) is 7.86. The molecule has 1 aliphatic rings. The summed E-state index contributed by atoms with van der Waals surface area (Å²) in [6.45, 7) is 5.44. The van der Waals surface area contributed by atoms with Crippen molar-refractivity contribution in [1.29, 1.82) is 0 Å². The first-order valence-electron chi connectivity index (χ1n) is 6.27. The van der Waals surface area contributed by atoms with Crippen LogP contribution in [-0.2, 0) is 0 Å². The van der Waals surface area contributed by atoms with Gasteiger partial charge in [-0.2, -0.15) is 0 Å². The van der Waals surface area contributed by atoms with Gasteiger partial charge in [0.25, 0.3) is 5.69 Å². The van der Waals surface area contributed by atoms with Crippen LogP contribution in [0.5, 0.6) is 5.75 Å². The molecule has 0 unspecified atom stereocenters. The Labute approximate surface area is 133 Å². The zero-order valence-corrected chi connectivity index (χ0v) is 13.9. The second kappa shape index (κ2) is 7.35. The minimum Gasteiger partial charge on any atom is -0.490 e. The highest BCUT2D eigenvalue weighted by Crippen LogP contribution is 2.37. The monoisotopic (exact) mass is 407 g/mol. The number of ether oxygens (including phenoxy) is 1. The highest BCUT2D eigenvalue weighted by Gasteiger charge is 2.16. The van der Waals surface area contributed by atoms with Gasteiger partial charge < -0.3 is 10.1 Å². The molecule has 2 rings (SSSR count). The largest absolute Gasteiger partial charge is 0.490 e. The van der Waals surface area contributed by atoms with Crippen molar-refractivity contribution >= 4 is 37.5 Å². The van der Waals surface area contributed by atoms with E-state index in [0.29, 0.717) is 21.3 Å². The van der Waals surface area contributed by atoms with E-state index in [4.69, 9.17) is 4.74 Å². The summed E-state index contributed by atoms with van der Waals surface area (Å²) in [6.07, 6.45) is 0. The standard InChI is InChI=1S/C12H15Br2N3O3/c13-10-7-9(17(18)19)8-11(14)12(10)20-6-5-16-3-1-15-2-4-16/h7-8,15H,1-6H2. The maximum Gasteiger partial charge on any atom is 0.271 e. The predicted molar refractivity (Wildman–Crippen MR) is 83.3 cm³/mol. The number of nitro groups is 1. The number of nitro benzene ring substituents is 1. The Balaban J connectivity index is 1.93. The summed E-state index contributed by atoms with van der Waals surface area (Å²) in [7, 11) is 0. The van der Waals surface area contributed by atoms with Crippen LogP contribution in [-0.4, -0.2) is 49.2 Å². The lowest BCUT2D eigenvalue weighted by Crippen LogP contribution is -2.44. The fourth-order valence-electron chi connectivity index (χ4n) is 2.00. The minimum atomic E-state index is -0.431. The topological polar surface area (TPSA) is 67.6 Å². The second-order valence-electron chi connectivity index (χ2n) is 4.44. The maximum atomic E-state index is 10.7. The van der Waals surface area contributed by atoms with Gasteiger partial charge in [0.1, 0.15) is 12.4 Å². The van der Waals surface area contributed by atoms with E-state index >= 15 is 0 Å². The molecule has 1 aromatic carbocycles. The third kappa shape index (κ3) is 4.15. The summed E-state index contributed by atoms with van der Waals surface area (Å²) >= 11 is 6.62. The van der Waals surface area contributed by atoms with Crippen LogP contribution in [0.25, 0.3) is 0 Å². The van der Waals surface area contributed by atoms with Crippen molar-refractivity contribution < 1.29 is 9.66 Å². The van der Waals surface area contributed by atoms with Crippen LogP contribution in [0.2, 0.25) is 0 Å². The molecule has 0 radical (unpaired) electrons. The molecule has 1 heterocycles. The van der Waals surface area contributed by atoms with E-state index in [1.807, 2.05) is 0 Å². The highest BCUT2D eigenvalue weighted by atomic mass is 79.9. The van der Waals surface area contributed by atoms with Gasteiger partial charge in [-0.3, -0.25) is 15.0 Å². The van der Waals surface area contributed by atoms with Crippen molar-refractivity contribution in [2.45, 2.75) is 0 Å². The third-order valence-electron chi connectivity index (χ3n) is 3.06. The van der Waals surface area contributed by atoms with Crippen LogP contribution in [0, 0.1) is 10.1 Å². The van der Waals surface area contributed by atoms with Crippen molar-refractivity contribution in [3.8, 4) is 5.75 Å². The average molecular weight is 409 g/mol. The second-order valence-corrected chi connectivity index (χ2v) is 6.14. The molecule has 20 heavy (non-hydrogen) atoms. The van der Waals surface area contributed by atoms with Crippen LogP contribution < -0.4 is 10.1 Å². The van der Waals surface area contributed by atoms with Crippen molar-refractivity contribution in [2.24, 2.45) is 0 Å². The van der Waals surface area contributed by atoms with E-state index in [2.05, 4.69) is 42.1 Å². The zero-order chi connectivity index (χ0) is 14.5. The molecule has 1 fully saturated rings. The molecule has 0 saturated carbocycles. The summed E-state index contributed by atoms with van der Waals surface area (Å²) in [5.41, 5.74) is 0.0261. The SMILES string of the molecule is O=[N+]([O-])c1cc(Br)c(OCCN2CCNCC2)c(Br)c1. The number of non-ortho nitro benzene ring substituents is 1. The van der Waals surface area contributed by atoms with Gasteiger partial charge in [0.15, 0.2) is 0 Å². The highest BCUT2D eigenvalue weighted by molar-refractivity contribution is 9.11. The van der Waals surface area contributed by atoms with Gasteiger partial charge in [-0.15, -0.1) is 0 Å². The van der Waals surface area contributed by atoms with Crippen molar-refractivity contribution in [1.82, 2.24) is 10.2 Å². The van der Waals surface area contributed by atoms with Crippen molar-refractivity contribution in [3.05, 3.63) is 31.2 Å². The molecule has 110 valence electrons. The molecule has 8 heteroatoms. The molecule has 0 amide bonds. The Hall–Kier alpha value is -0.700. The van der Waals surface area contributed by atoms with Crippen LogP contribution in [0.4, 0.5) is 5.69 Å². The van der Waals surface area contributed by atoms with Gasteiger partial charge in [-0.25, -0.2) is 0 Å². The fraction of sp³-hybridized carbons (Fsp3) is 0.500. The third-order valence-corrected chi connectivity index (χ3v) is 4.24. The molecule has 0 spiro atoms. The number of nitrogens with one attached hydrogen (secondary N) is 1. The van der Waals surface area contributed by atoms with Crippen LogP contribution >= 0.6 is 31.9 Å². The van der Waals surface area contributed by atoms with Crippen LogP contribution in [0.1, 0.15) is 0 Å². The minimum absolute atomic E-state index is 0.0261. The molecule has 0 bridgehead atoms. The Morgan fingerprint density at radius 2 is 1.90 bits per heavy atom. The molecular weight excluding hydrogens is 394 g/mol. The molecule has 6 nitrogen and oxygen atoms in total. The van der Waals surface area contributed by atoms with E-state index in [1.54, 1.807) is 0 Å².